The van der Waals surface area contributed by atoms with Crippen LogP contribution in [0.5, 0.6) is 11.5 Å². The van der Waals surface area contributed by atoms with E-state index in [9.17, 15) is 0 Å². The molecule has 0 amide bonds. The fourth-order valence-electron chi connectivity index (χ4n) is 4.28. The molecule has 0 unspecified atom stereocenters. The van der Waals surface area contributed by atoms with E-state index in [0.717, 1.165) is 24.3 Å². The summed E-state index contributed by atoms with van der Waals surface area (Å²) in [7, 11) is 0. The number of ether oxygens (including phenoxy) is 1. The minimum atomic E-state index is 0. The van der Waals surface area contributed by atoms with Crippen LogP contribution in [0.4, 0.5) is 0 Å². The fourth-order valence-corrected chi connectivity index (χ4v) is 4.28. The number of rotatable bonds is 18. The van der Waals surface area contributed by atoms with Gasteiger partial charge in [0.1, 0.15) is 11.5 Å². The second-order valence-electron chi connectivity index (χ2n) is 9.06. The average Bonchev–Trinajstić information content (AvgIpc) is 2.86. The van der Waals surface area contributed by atoms with Gasteiger partial charge in [0.05, 0.1) is 0 Å². The van der Waals surface area contributed by atoms with Crippen LogP contribution in [0.1, 0.15) is 115 Å². The van der Waals surface area contributed by atoms with Crippen molar-refractivity contribution in [3.63, 3.8) is 0 Å². The molecule has 0 aliphatic carbocycles. The molecule has 0 aromatic heterocycles. The van der Waals surface area contributed by atoms with Crippen molar-refractivity contribution in [2.75, 3.05) is 0 Å². The van der Waals surface area contributed by atoms with E-state index in [1.165, 1.54) is 101 Å². The van der Waals surface area contributed by atoms with Crippen molar-refractivity contribution in [2.45, 2.75) is 117 Å². The molecule has 0 spiro atoms. The molecule has 186 valence electrons. The van der Waals surface area contributed by atoms with Crippen LogP contribution in [0.3, 0.4) is 0 Å². The Morgan fingerprint density at radius 1 is 0.500 bits per heavy atom. The zero-order valence-corrected chi connectivity index (χ0v) is 21.8. The monoisotopic (exact) mass is 474 g/mol. The molecule has 0 aliphatic heterocycles. The Hall–Kier alpha value is -1.02. The number of hydrogen-bond acceptors (Lipinski definition) is 1. The molecule has 0 aliphatic rings. The predicted octanol–water partition coefficient (Wildman–Crippen LogP) is 10.2. The van der Waals surface area contributed by atoms with Gasteiger partial charge in [-0.25, -0.2) is 0 Å². The normalized spacial score (nSPS) is 10.2. The Balaban J connectivity index is 0.00000353. The van der Waals surface area contributed by atoms with Crippen LogP contribution in [0.15, 0.2) is 61.7 Å². The fraction of sp³-hybridized carbons (Fsp3) is 0.562. The first-order valence-electron chi connectivity index (χ1n) is 13.7. The van der Waals surface area contributed by atoms with Crippen molar-refractivity contribution < 1.29 is 4.74 Å². The summed E-state index contributed by atoms with van der Waals surface area (Å²) in [4.78, 5) is 0. The molecule has 0 N–H and O–H groups in total. The molecule has 2 aromatic rings. The van der Waals surface area contributed by atoms with Crippen molar-refractivity contribution in [1.82, 2.24) is 0 Å². The van der Waals surface area contributed by atoms with Gasteiger partial charge in [0.2, 0.25) is 0 Å². The molecule has 0 saturated heterocycles. The number of para-hydroxylation sites is 2. The molecule has 0 radical (unpaired) electrons. The zero-order chi connectivity index (χ0) is 24.0. The van der Waals surface area contributed by atoms with E-state index in [4.69, 9.17) is 4.74 Å². The SMILES string of the molecule is C=C.CCCCCCCCCc1ccccc1Oc1ccccc1CCCCCCCCC.[NaH]. The standard InChI is InChI=1S/C30H46O.C2H4.Na.H/c1-3-5-7-9-11-13-15-21-27-23-17-19-25-29(27)31-30-26-20-18-24-28(30)22-16-14-12-10-8-6-4-2;1-2;;/h17-20,23-26H,3-16,21-22H2,1-2H3;1-2H2;;. The second-order valence-corrected chi connectivity index (χ2v) is 9.06. The van der Waals surface area contributed by atoms with E-state index in [1.54, 1.807) is 0 Å². The van der Waals surface area contributed by atoms with Gasteiger partial charge in [-0.3, -0.25) is 0 Å². The van der Waals surface area contributed by atoms with E-state index < -0.39 is 0 Å². The minimum absolute atomic E-state index is 0. The Kier molecular flexibility index (Phi) is 23.0. The van der Waals surface area contributed by atoms with Crippen LogP contribution in [0.25, 0.3) is 0 Å². The van der Waals surface area contributed by atoms with Gasteiger partial charge in [0.25, 0.3) is 0 Å². The molecule has 2 rings (SSSR count). The molecular formula is C32H51NaO. The molecule has 2 heteroatoms. The van der Waals surface area contributed by atoms with Gasteiger partial charge in [-0.1, -0.05) is 127 Å². The molecule has 0 saturated carbocycles. The predicted molar refractivity (Wildman–Crippen MR) is 155 cm³/mol. The third-order valence-corrected chi connectivity index (χ3v) is 6.26. The third kappa shape index (κ3) is 15.1. The van der Waals surface area contributed by atoms with Gasteiger partial charge in [-0.2, -0.15) is 0 Å². The molecule has 0 bridgehead atoms. The number of hydrogen-bond donors (Lipinski definition) is 0. The van der Waals surface area contributed by atoms with E-state index in [-0.39, 0.29) is 29.6 Å². The molecule has 0 fully saturated rings. The Labute approximate surface area is 234 Å². The summed E-state index contributed by atoms with van der Waals surface area (Å²) in [5, 5.41) is 0. The van der Waals surface area contributed by atoms with Gasteiger partial charge in [0.15, 0.2) is 0 Å². The van der Waals surface area contributed by atoms with E-state index in [1.807, 2.05) is 0 Å². The first-order valence-corrected chi connectivity index (χ1v) is 13.7. The van der Waals surface area contributed by atoms with Crippen LogP contribution >= 0.6 is 0 Å². The van der Waals surface area contributed by atoms with Crippen molar-refractivity contribution in [3.8, 4) is 11.5 Å². The number of benzene rings is 2. The third-order valence-electron chi connectivity index (χ3n) is 6.26. The van der Waals surface area contributed by atoms with Crippen molar-refractivity contribution in [1.29, 1.82) is 0 Å². The summed E-state index contributed by atoms with van der Waals surface area (Å²) in [6.07, 6.45) is 21.1. The molecule has 34 heavy (non-hydrogen) atoms. The first kappa shape index (κ1) is 33.0. The van der Waals surface area contributed by atoms with E-state index >= 15 is 0 Å². The number of unbranched alkanes of at least 4 members (excludes halogenated alkanes) is 12. The van der Waals surface area contributed by atoms with Crippen molar-refractivity contribution in [3.05, 3.63) is 72.8 Å². The maximum absolute atomic E-state index is 6.46. The summed E-state index contributed by atoms with van der Waals surface area (Å²) in [6, 6.07) is 17.3. The summed E-state index contributed by atoms with van der Waals surface area (Å²) in [5.74, 6) is 2.08. The molecule has 0 heterocycles. The molecule has 0 atom stereocenters. The van der Waals surface area contributed by atoms with Gasteiger partial charge in [-0.05, 0) is 48.9 Å². The zero-order valence-electron chi connectivity index (χ0n) is 21.8. The Morgan fingerprint density at radius 3 is 1.21 bits per heavy atom. The average molecular weight is 475 g/mol. The summed E-state index contributed by atoms with van der Waals surface area (Å²) in [5.41, 5.74) is 2.70. The summed E-state index contributed by atoms with van der Waals surface area (Å²) >= 11 is 0. The molecule has 2 aromatic carbocycles. The van der Waals surface area contributed by atoms with Crippen LogP contribution in [-0.4, -0.2) is 29.6 Å². The Bertz CT molecular complexity index is 652. The van der Waals surface area contributed by atoms with Crippen LogP contribution in [0.2, 0.25) is 0 Å². The molecular weight excluding hydrogens is 423 g/mol. The van der Waals surface area contributed by atoms with Gasteiger partial charge in [0, 0.05) is 0 Å². The first-order chi connectivity index (χ1) is 16.3. The summed E-state index contributed by atoms with van der Waals surface area (Å²) in [6.45, 7) is 10.6. The van der Waals surface area contributed by atoms with Gasteiger partial charge in [-0.15, -0.1) is 13.2 Å². The molecule has 1 nitrogen and oxygen atoms in total. The van der Waals surface area contributed by atoms with Crippen LogP contribution < -0.4 is 4.74 Å². The quantitative estimate of drug-likeness (QED) is 0.119. The van der Waals surface area contributed by atoms with E-state index in [2.05, 4.69) is 75.5 Å². The van der Waals surface area contributed by atoms with E-state index in [0.29, 0.717) is 0 Å². The van der Waals surface area contributed by atoms with Crippen LogP contribution in [-0.2, 0) is 12.8 Å². The van der Waals surface area contributed by atoms with Gasteiger partial charge >= 0.3 is 29.6 Å². The number of aryl methyl sites for hydroxylation is 2. The topological polar surface area (TPSA) is 9.23 Å². The Morgan fingerprint density at radius 2 is 0.824 bits per heavy atom. The summed E-state index contributed by atoms with van der Waals surface area (Å²) < 4.78 is 6.46. The maximum atomic E-state index is 6.46. The van der Waals surface area contributed by atoms with Crippen molar-refractivity contribution in [2.24, 2.45) is 0 Å². The second kappa shape index (κ2) is 23.7. The van der Waals surface area contributed by atoms with Crippen molar-refractivity contribution >= 4 is 29.6 Å². The van der Waals surface area contributed by atoms with Gasteiger partial charge < -0.3 is 4.74 Å². The van der Waals surface area contributed by atoms with Crippen LogP contribution in [0, 0.1) is 0 Å².